The van der Waals surface area contributed by atoms with Gasteiger partial charge in [0.2, 0.25) is 0 Å². The number of carbonyl (C=O) groups excluding carboxylic acids is 2. The summed E-state index contributed by atoms with van der Waals surface area (Å²) in [5.74, 6) is -0.165. The molecule has 0 aromatic heterocycles. The van der Waals surface area contributed by atoms with Crippen LogP contribution in [0.4, 0.5) is 0 Å². The van der Waals surface area contributed by atoms with Gasteiger partial charge in [-0.15, -0.1) is 0 Å². The maximum atomic E-state index is 13.0. The normalized spacial score (nSPS) is 14.9. The Bertz CT molecular complexity index is 749. The van der Waals surface area contributed by atoms with Gasteiger partial charge in [-0.2, -0.15) is 0 Å². The van der Waals surface area contributed by atoms with Crippen LogP contribution < -0.4 is 0 Å². The van der Waals surface area contributed by atoms with Crippen molar-refractivity contribution in [2.24, 2.45) is 5.92 Å². The Morgan fingerprint density at radius 2 is 1.65 bits per heavy atom. The molecule has 1 aliphatic heterocycles. The summed E-state index contributed by atoms with van der Waals surface area (Å²) < 4.78 is 5.10. The first-order chi connectivity index (χ1) is 12.7. The molecule has 1 fully saturated rings. The van der Waals surface area contributed by atoms with Crippen LogP contribution in [0.3, 0.4) is 0 Å². The number of nitrogens with zero attached hydrogens (tertiary/aromatic N) is 1. The van der Waals surface area contributed by atoms with Gasteiger partial charge in [0.1, 0.15) is 0 Å². The molecule has 4 nitrogen and oxygen atoms in total. The number of hydrogen-bond acceptors (Lipinski definition) is 3. The zero-order chi connectivity index (χ0) is 18.4. The zero-order valence-corrected chi connectivity index (χ0v) is 15.2. The minimum Gasteiger partial charge on any atom is -0.466 e. The van der Waals surface area contributed by atoms with Crippen molar-refractivity contribution in [3.8, 4) is 0 Å². The highest BCUT2D eigenvalue weighted by molar-refractivity contribution is 5.96. The molecule has 1 amide bonds. The first-order valence-electron chi connectivity index (χ1n) is 9.26. The Morgan fingerprint density at radius 1 is 1.00 bits per heavy atom. The van der Waals surface area contributed by atoms with Crippen LogP contribution in [0.25, 0.3) is 0 Å². The molecule has 0 atom stereocenters. The number of esters is 1. The summed E-state index contributed by atoms with van der Waals surface area (Å²) in [5.41, 5.74) is 2.98. The first kappa shape index (κ1) is 18.2. The van der Waals surface area contributed by atoms with E-state index in [4.69, 9.17) is 4.74 Å². The van der Waals surface area contributed by atoms with Crippen LogP contribution in [-0.2, 0) is 16.0 Å². The minimum atomic E-state index is -0.135. The third-order valence-corrected chi connectivity index (χ3v) is 4.89. The number of ether oxygens (including phenoxy) is 1. The summed E-state index contributed by atoms with van der Waals surface area (Å²) in [4.78, 5) is 26.8. The molecule has 0 spiro atoms. The highest BCUT2D eigenvalue weighted by Gasteiger charge is 2.29. The van der Waals surface area contributed by atoms with Crippen LogP contribution in [-0.4, -0.2) is 36.5 Å². The molecule has 2 aromatic carbocycles. The van der Waals surface area contributed by atoms with E-state index < -0.39 is 0 Å². The molecule has 0 radical (unpaired) electrons. The van der Waals surface area contributed by atoms with Crippen LogP contribution in [0.15, 0.2) is 54.6 Å². The van der Waals surface area contributed by atoms with Crippen molar-refractivity contribution >= 4 is 11.9 Å². The van der Waals surface area contributed by atoms with Crippen molar-refractivity contribution in [2.45, 2.75) is 26.2 Å². The standard InChI is InChI=1S/C22H25NO3/c1-2-26-22(25)18-12-14-23(15-13-18)21(24)20-11-7-6-10-19(20)16-17-8-4-3-5-9-17/h3-11,18H,2,12-16H2,1H3. The second-order valence-corrected chi connectivity index (χ2v) is 6.64. The van der Waals surface area contributed by atoms with Gasteiger partial charge < -0.3 is 9.64 Å². The smallest absolute Gasteiger partial charge is 0.309 e. The van der Waals surface area contributed by atoms with Crippen molar-refractivity contribution in [1.29, 1.82) is 0 Å². The summed E-state index contributed by atoms with van der Waals surface area (Å²) in [6, 6.07) is 18.0. The first-order valence-corrected chi connectivity index (χ1v) is 9.26. The fourth-order valence-corrected chi connectivity index (χ4v) is 3.45. The highest BCUT2D eigenvalue weighted by atomic mass is 16.5. The lowest BCUT2D eigenvalue weighted by molar-refractivity contribution is -0.149. The van der Waals surface area contributed by atoms with E-state index in [1.54, 1.807) is 0 Å². The summed E-state index contributed by atoms with van der Waals surface area (Å²) in [6.07, 6.45) is 2.08. The Balaban J connectivity index is 1.68. The van der Waals surface area contributed by atoms with Crippen molar-refractivity contribution in [3.63, 3.8) is 0 Å². The maximum Gasteiger partial charge on any atom is 0.309 e. The van der Waals surface area contributed by atoms with Gasteiger partial charge in [-0.05, 0) is 43.4 Å². The predicted octanol–water partition coefficient (Wildman–Crippen LogP) is 3.69. The van der Waals surface area contributed by atoms with Crippen molar-refractivity contribution in [2.75, 3.05) is 19.7 Å². The number of piperidine rings is 1. The van der Waals surface area contributed by atoms with Crippen LogP contribution in [0.5, 0.6) is 0 Å². The Kier molecular flexibility index (Phi) is 6.05. The molecule has 0 N–H and O–H groups in total. The maximum absolute atomic E-state index is 13.0. The molecule has 136 valence electrons. The summed E-state index contributed by atoms with van der Waals surface area (Å²) >= 11 is 0. The number of carbonyl (C=O) groups is 2. The van der Waals surface area contributed by atoms with E-state index in [0.29, 0.717) is 32.5 Å². The fourth-order valence-electron chi connectivity index (χ4n) is 3.45. The van der Waals surface area contributed by atoms with E-state index in [1.165, 1.54) is 5.56 Å². The zero-order valence-electron chi connectivity index (χ0n) is 15.2. The molecule has 0 aliphatic carbocycles. The molecule has 1 heterocycles. The van der Waals surface area contributed by atoms with E-state index in [1.807, 2.05) is 54.3 Å². The molecule has 0 saturated carbocycles. The molecular formula is C22H25NO3. The number of likely N-dealkylation sites (tertiary alicyclic amines) is 1. The summed E-state index contributed by atoms with van der Waals surface area (Å²) in [7, 11) is 0. The average molecular weight is 351 g/mol. The lowest BCUT2D eigenvalue weighted by atomic mass is 9.95. The molecule has 26 heavy (non-hydrogen) atoms. The molecule has 0 bridgehead atoms. The highest BCUT2D eigenvalue weighted by Crippen LogP contribution is 2.22. The van der Waals surface area contributed by atoms with Crippen molar-refractivity contribution in [3.05, 3.63) is 71.3 Å². The Hall–Kier alpha value is -2.62. The average Bonchev–Trinajstić information content (AvgIpc) is 2.69. The summed E-state index contributed by atoms with van der Waals surface area (Å²) in [6.45, 7) is 3.43. The van der Waals surface area contributed by atoms with Gasteiger partial charge in [0.05, 0.1) is 12.5 Å². The minimum absolute atomic E-state index is 0.0545. The van der Waals surface area contributed by atoms with Gasteiger partial charge in [0, 0.05) is 18.7 Å². The van der Waals surface area contributed by atoms with Crippen molar-refractivity contribution < 1.29 is 14.3 Å². The third-order valence-electron chi connectivity index (χ3n) is 4.89. The molecule has 1 aliphatic rings. The number of amides is 1. The fraction of sp³-hybridized carbons (Fsp3) is 0.364. The van der Waals surface area contributed by atoms with Crippen molar-refractivity contribution in [1.82, 2.24) is 4.90 Å². The van der Waals surface area contributed by atoms with Gasteiger partial charge >= 0.3 is 5.97 Å². The van der Waals surface area contributed by atoms with E-state index in [9.17, 15) is 9.59 Å². The molecule has 0 unspecified atom stereocenters. The second-order valence-electron chi connectivity index (χ2n) is 6.64. The van der Waals surface area contributed by atoms with E-state index in [2.05, 4.69) is 12.1 Å². The second kappa shape index (κ2) is 8.65. The van der Waals surface area contributed by atoms with Gasteiger partial charge in [-0.25, -0.2) is 0 Å². The summed E-state index contributed by atoms with van der Waals surface area (Å²) in [5, 5.41) is 0. The molecule has 2 aromatic rings. The lowest BCUT2D eigenvalue weighted by Crippen LogP contribution is -2.41. The van der Waals surface area contributed by atoms with Crippen LogP contribution in [0.1, 0.15) is 41.3 Å². The van der Waals surface area contributed by atoms with Gasteiger partial charge in [-0.1, -0.05) is 48.5 Å². The number of rotatable bonds is 5. The van der Waals surface area contributed by atoms with Gasteiger partial charge in [-0.3, -0.25) is 9.59 Å². The van der Waals surface area contributed by atoms with Gasteiger partial charge in [0.25, 0.3) is 5.91 Å². The van der Waals surface area contributed by atoms with Crippen LogP contribution >= 0.6 is 0 Å². The lowest BCUT2D eigenvalue weighted by Gasteiger charge is -2.31. The molecule has 1 saturated heterocycles. The van der Waals surface area contributed by atoms with E-state index in [0.717, 1.165) is 17.5 Å². The number of hydrogen-bond donors (Lipinski definition) is 0. The molecule has 4 heteroatoms. The topological polar surface area (TPSA) is 46.6 Å². The molecule has 3 rings (SSSR count). The predicted molar refractivity (Wildman–Crippen MR) is 101 cm³/mol. The van der Waals surface area contributed by atoms with Gasteiger partial charge in [0.15, 0.2) is 0 Å². The largest absolute Gasteiger partial charge is 0.466 e. The van der Waals surface area contributed by atoms with Crippen LogP contribution in [0.2, 0.25) is 0 Å². The van der Waals surface area contributed by atoms with E-state index >= 15 is 0 Å². The third kappa shape index (κ3) is 4.31. The Labute approximate surface area is 154 Å². The Morgan fingerprint density at radius 3 is 2.35 bits per heavy atom. The quantitative estimate of drug-likeness (QED) is 0.772. The van der Waals surface area contributed by atoms with Crippen LogP contribution in [0, 0.1) is 5.92 Å². The monoisotopic (exact) mass is 351 g/mol. The van der Waals surface area contributed by atoms with E-state index in [-0.39, 0.29) is 17.8 Å². The number of benzene rings is 2. The molecular weight excluding hydrogens is 326 g/mol. The SMILES string of the molecule is CCOC(=O)C1CCN(C(=O)c2ccccc2Cc2ccccc2)CC1.